The zero-order valence-electron chi connectivity index (χ0n) is 16.0. The molecule has 0 unspecified atom stereocenters. The van der Waals surface area contributed by atoms with Gasteiger partial charge in [-0.15, -0.1) is 0 Å². The molecule has 2 aromatic rings. The molecule has 2 aromatic carbocycles. The number of benzene rings is 2. The van der Waals surface area contributed by atoms with Crippen LogP contribution in [-0.4, -0.2) is 30.3 Å². The average molecular weight is 395 g/mol. The van der Waals surface area contributed by atoms with Crippen LogP contribution in [0.5, 0.6) is 0 Å². The van der Waals surface area contributed by atoms with Gasteiger partial charge in [0.15, 0.2) is 0 Å². The minimum atomic E-state index is -0.687. The number of anilines is 1. The van der Waals surface area contributed by atoms with Crippen molar-refractivity contribution in [3.8, 4) is 0 Å². The topological polar surface area (TPSA) is 114 Å². The molecule has 0 spiro atoms. The molecule has 3 N–H and O–H groups in total. The van der Waals surface area contributed by atoms with E-state index in [-0.39, 0.29) is 18.1 Å². The van der Waals surface area contributed by atoms with Gasteiger partial charge in [-0.1, -0.05) is 18.2 Å². The number of nitrogens with one attached hydrogen (secondary N) is 3. The molecule has 0 radical (unpaired) electrons. The molecule has 0 atom stereocenters. The maximum atomic E-state index is 12.3. The maximum Gasteiger partial charge on any atom is 0.330 e. The molecule has 0 aromatic heterocycles. The third-order valence-electron chi connectivity index (χ3n) is 3.75. The number of esters is 1. The van der Waals surface area contributed by atoms with Crippen LogP contribution in [0.25, 0.3) is 0 Å². The molecule has 8 nitrogen and oxygen atoms in total. The molecule has 0 aliphatic heterocycles. The first kappa shape index (κ1) is 21.4. The second-order valence-corrected chi connectivity index (χ2v) is 5.88. The summed E-state index contributed by atoms with van der Waals surface area (Å²) in [4.78, 5) is 47.0. The number of carbonyl (C=O) groups is 4. The van der Waals surface area contributed by atoms with Crippen molar-refractivity contribution < 1.29 is 23.9 Å². The van der Waals surface area contributed by atoms with Gasteiger partial charge in [0.1, 0.15) is 0 Å². The van der Waals surface area contributed by atoms with E-state index in [9.17, 15) is 19.2 Å². The minimum Gasteiger partial charge on any atom is -0.463 e. The molecule has 0 bridgehead atoms. The third kappa shape index (κ3) is 6.62. The van der Waals surface area contributed by atoms with Gasteiger partial charge in [0.05, 0.1) is 6.61 Å². The summed E-state index contributed by atoms with van der Waals surface area (Å²) < 4.78 is 4.64. The molecule has 150 valence electrons. The molecule has 0 fully saturated rings. The number of amides is 3. The Morgan fingerprint density at radius 2 is 1.59 bits per heavy atom. The Kier molecular flexibility index (Phi) is 7.67. The Morgan fingerprint density at radius 1 is 0.897 bits per heavy atom. The highest BCUT2D eigenvalue weighted by Crippen LogP contribution is 2.13. The van der Waals surface area contributed by atoms with E-state index in [0.717, 1.165) is 17.7 Å². The fourth-order valence-electron chi connectivity index (χ4n) is 2.30. The summed E-state index contributed by atoms with van der Waals surface area (Å²) in [6.45, 7) is 3.69. The summed E-state index contributed by atoms with van der Waals surface area (Å²) in [5, 5.41) is 2.76. The van der Waals surface area contributed by atoms with Gasteiger partial charge in [0, 0.05) is 29.0 Å². The lowest BCUT2D eigenvalue weighted by Crippen LogP contribution is -2.40. The second-order valence-electron chi connectivity index (χ2n) is 5.88. The van der Waals surface area contributed by atoms with Crippen LogP contribution in [0.3, 0.4) is 0 Å². The number of hydrogen-bond donors (Lipinski definition) is 3. The normalized spacial score (nSPS) is 10.3. The quantitative estimate of drug-likeness (QED) is 0.394. The highest BCUT2D eigenvalue weighted by atomic mass is 16.5. The molecule has 0 heterocycles. The molecule has 0 aliphatic carbocycles. The fourth-order valence-corrected chi connectivity index (χ4v) is 2.30. The number of rotatable bonds is 6. The molecule has 0 saturated heterocycles. The summed E-state index contributed by atoms with van der Waals surface area (Å²) in [6.07, 6.45) is 1.90. The van der Waals surface area contributed by atoms with Gasteiger partial charge < -0.3 is 10.1 Å². The van der Waals surface area contributed by atoms with Gasteiger partial charge in [0.25, 0.3) is 17.7 Å². The van der Waals surface area contributed by atoms with E-state index in [4.69, 9.17) is 0 Å². The average Bonchev–Trinajstić information content (AvgIpc) is 2.71. The molecule has 0 aliphatic rings. The lowest BCUT2D eigenvalue weighted by atomic mass is 10.1. The van der Waals surface area contributed by atoms with Crippen LogP contribution in [0, 0.1) is 6.92 Å². The molecular formula is C21H21N3O5. The van der Waals surface area contributed by atoms with Crippen LogP contribution >= 0.6 is 0 Å². The van der Waals surface area contributed by atoms with Crippen molar-refractivity contribution in [2.24, 2.45) is 0 Å². The Labute approximate surface area is 167 Å². The van der Waals surface area contributed by atoms with E-state index in [0.29, 0.717) is 11.3 Å². The van der Waals surface area contributed by atoms with E-state index >= 15 is 0 Å². The summed E-state index contributed by atoms with van der Waals surface area (Å²) >= 11 is 0. The van der Waals surface area contributed by atoms with Crippen molar-refractivity contribution >= 4 is 29.4 Å². The van der Waals surface area contributed by atoms with E-state index < -0.39 is 17.8 Å². The van der Waals surface area contributed by atoms with Crippen molar-refractivity contribution in [3.05, 3.63) is 77.4 Å². The zero-order valence-corrected chi connectivity index (χ0v) is 16.0. The van der Waals surface area contributed by atoms with Crippen molar-refractivity contribution in [3.63, 3.8) is 0 Å². The number of hydrazine groups is 1. The number of aryl methyl sites for hydroxylation is 1. The minimum absolute atomic E-state index is 0.197. The predicted octanol–water partition coefficient (Wildman–Crippen LogP) is 2.13. The van der Waals surface area contributed by atoms with Crippen LogP contribution in [0.1, 0.15) is 33.2 Å². The largest absolute Gasteiger partial charge is 0.463 e. The van der Waals surface area contributed by atoms with Gasteiger partial charge >= 0.3 is 5.97 Å². The van der Waals surface area contributed by atoms with Crippen molar-refractivity contribution in [1.82, 2.24) is 10.9 Å². The van der Waals surface area contributed by atoms with Crippen LogP contribution in [0.2, 0.25) is 0 Å². The van der Waals surface area contributed by atoms with Crippen molar-refractivity contribution in [1.29, 1.82) is 0 Å². The zero-order chi connectivity index (χ0) is 21.2. The summed E-state index contributed by atoms with van der Waals surface area (Å²) in [5.41, 5.74) is 6.58. The molecule has 3 amide bonds. The first-order chi connectivity index (χ1) is 13.9. The van der Waals surface area contributed by atoms with Gasteiger partial charge in [0.2, 0.25) is 0 Å². The standard InChI is InChI=1S/C21H21N3O5/c1-3-29-19(26)13-12-18(25)23-24-20(27)15-8-10-16(11-9-15)22-21(28)17-7-5-4-6-14(17)2/h4-13H,3H2,1-2H3,(H,22,28)(H,23,25)(H,24,27)/b13-12+. The molecular weight excluding hydrogens is 374 g/mol. The van der Waals surface area contributed by atoms with Gasteiger partial charge in [-0.25, -0.2) is 4.79 Å². The summed E-state index contributed by atoms with van der Waals surface area (Å²) in [7, 11) is 0. The summed E-state index contributed by atoms with van der Waals surface area (Å²) in [6, 6.07) is 13.4. The number of hydrogen-bond acceptors (Lipinski definition) is 5. The Balaban J connectivity index is 1.88. The number of carbonyl (C=O) groups excluding carboxylic acids is 4. The molecule has 29 heavy (non-hydrogen) atoms. The van der Waals surface area contributed by atoms with Crippen LogP contribution in [0.4, 0.5) is 5.69 Å². The Morgan fingerprint density at radius 3 is 2.24 bits per heavy atom. The molecule has 8 heteroatoms. The molecule has 0 saturated carbocycles. The van der Waals surface area contributed by atoms with Crippen LogP contribution < -0.4 is 16.2 Å². The van der Waals surface area contributed by atoms with Crippen molar-refractivity contribution in [2.45, 2.75) is 13.8 Å². The van der Waals surface area contributed by atoms with Crippen LogP contribution in [0.15, 0.2) is 60.7 Å². The van der Waals surface area contributed by atoms with Gasteiger partial charge in [-0.2, -0.15) is 0 Å². The SMILES string of the molecule is CCOC(=O)/C=C/C(=O)NNC(=O)c1ccc(NC(=O)c2ccccc2C)cc1. The van der Waals surface area contributed by atoms with Gasteiger partial charge in [-0.3, -0.25) is 25.2 Å². The Hall–Kier alpha value is -3.94. The maximum absolute atomic E-state index is 12.3. The van der Waals surface area contributed by atoms with E-state index in [2.05, 4.69) is 20.9 Å². The predicted molar refractivity (Wildman–Crippen MR) is 107 cm³/mol. The first-order valence-corrected chi connectivity index (χ1v) is 8.83. The fraction of sp³-hybridized carbons (Fsp3) is 0.143. The lowest BCUT2D eigenvalue weighted by molar-refractivity contribution is -0.137. The van der Waals surface area contributed by atoms with E-state index in [1.807, 2.05) is 19.1 Å². The number of ether oxygens (including phenoxy) is 1. The third-order valence-corrected chi connectivity index (χ3v) is 3.75. The van der Waals surface area contributed by atoms with E-state index in [1.165, 1.54) is 12.1 Å². The highest BCUT2D eigenvalue weighted by Gasteiger charge is 2.10. The highest BCUT2D eigenvalue weighted by molar-refractivity contribution is 6.05. The summed E-state index contributed by atoms with van der Waals surface area (Å²) in [5.74, 6) is -2.15. The van der Waals surface area contributed by atoms with Crippen molar-refractivity contribution in [2.75, 3.05) is 11.9 Å². The van der Waals surface area contributed by atoms with Crippen LogP contribution in [-0.2, 0) is 14.3 Å². The van der Waals surface area contributed by atoms with Gasteiger partial charge in [-0.05, 0) is 49.7 Å². The Bertz CT molecular complexity index is 936. The van der Waals surface area contributed by atoms with E-state index in [1.54, 1.807) is 31.2 Å². The second kappa shape index (κ2) is 10.4. The smallest absolute Gasteiger partial charge is 0.330 e. The molecule has 2 rings (SSSR count). The first-order valence-electron chi connectivity index (χ1n) is 8.83. The lowest BCUT2D eigenvalue weighted by Gasteiger charge is -2.09. The monoisotopic (exact) mass is 395 g/mol.